The molecule has 0 atom stereocenters. The van der Waals surface area contributed by atoms with Crippen LogP contribution in [0.2, 0.25) is 0 Å². The van der Waals surface area contributed by atoms with Gasteiger partial charge in [0.2, 0.25) is 0 Å². The molecule has 0 amide bonds. The first-order valence-corrected chi connectivity index (χ1v) is 15.9. The summed E-state index contributed by atoms with van der Waals surface area (Å²) < 4.78 is 1.09. The van der Waals surface area contributed by atoms with Crippen molar-refractivity contribution in [3.8, 4) is 0 Å². The highest BCUT2D eigenvalue weighted by Crippen LogP contribution is 2.36. The fraction of sp³-hybridized carbons (Fsp3) is 0.457. The first-order valence-electron chi connectivity index (χ1n) is 15.1. The molecule has 0 fully saturated rings. The number of hydrogen-bond donors (Lipinski definition) is 0. The van der Waals surface area contributed by atoms with Gasteiger partial charge in [-0.15, -0.1) is 0 Å². The molecule has 202 valence electrons. The SMILES string of the molecule is CCCCCCCCCCCCCCCCN1C=C/C(=C/C=C2\C=Nc3ccc(Br)cc32)c2ccccc21. The largest absolute Gasteiger partial charge is 0.347 e. The molecule has 2 nitrogen and oxygen atoms in total. The zero-order valence-electron chi connectivity index (χ0n) is 23.3. The Bertz CT molecular complexity index is 1140. The molecule has 0 bridgehead atoms. The van der Waals surface area contributed by atoms with Crippen LogP contribution in [0, 0.1) is 0 Å². The number of aliphatic imine (C=N–C) groups is 1. The van der Waals surface area contributed by atoms with Crippen LogP contribution in [0.15, 0.2) is 76.4 Å². The summed E-state index contributed by atoms with van der Waals surface area (Å²) in [6.45, 7) is 3.39. The molecule has 2 aromatic carbocycles. The van der Waals surface area contributed by atoms with Crippen LogP contribution < -0.4 is 4.90 Å². The van der Waals surface area contributed by atoms with E-state index in [4.69, 9.17) is 0 Å². The molecule has 0 saturated heterocycles. The van der Waals surface area contributed by atoms with Gasteiger partial charge in [0.15, 0.2) is 0 Å². The Morgan fingerprint density at radius 1 is 0.711 bits per heavy atom. The number of nitrogens with zero attached hydrogens (tertiary/aromatic N) is 2. The second-order valence-electron chi connectivity index (χ2n) is 10.8. The van der Waals surface area contributed by atoms with Crippen molar-refractivity contribution in [3.63, 3.8) is 0 Å². The van der Waals surface area contributed by atoms with E-state index in [0.717, 1.165) is 22.3 Å². The molecule has 0 radical (unpaired) electrons. The number of unbranched alkanes of at least 4 members (excludes halogenated alkanes) is 13. The van der Waals surface area contributed by atoms with Gasteiger partial charge in [-0.25, -0.2) is 0 Å². The van der Waals surface area contributed by atoms with Crippen LogP contribution in [-0.2, 0) is 0 Å². The molecule has 2 aliphatic heterocycles. The molecule has 0 N–H and O–H groups in total. The molecule has 38 heavy (non-hydrogen) atoms. The molecule has 2 aliphatic rings. The molecule has 4 rings (SSSR count). The van der Waals surface area contributed by atoms with Crippen molar-refractivity contribution in [3.05, 3.63) is 82.5 Å². The molecular weight excluding hydrogens is 528 g/mol. The maximum absolute atomic E-state index is 4.56. The quantitative estimate of drug-likeness (QED) is 0.182. The summed E-state index contributed by atoms with van der Waals surface area (Å²) in [4.78, 5) is 6.99. The van der Waals surface area contributed by atoms with Crippen molar-refractivity contribution >= 4 is 44.7 Å². The van der Waals surface area contributed by atoms with Crippen LogP contribution >= 0.6 is 15.9 Å². The van der Waals surface area contributed by atoms with Gasteiger partial charge in [0.1, 0.15) is 0 Å². The number of benzene rings is 2. The van der Waals surface area contributed by atoms with Crippen LogP contribution in [0.3, 0.4) is 0 Å². The van der Waals surface area contributed by atoms with Crippen molar-refractivity contribution in [2.24, 2.45) is 4.99 Å². The fourth-order valence-corrected chi connectivity index (χ4v) is 5.86. The van der Waals surface area contributed by atoms with Gasteiger partial charge in [-0.3, -0.25) is 4.99 Å². The number of halogens is 1. The minimum Gasteiger partial charge on any atom is -0.347 e. The van der Waals surface area contributed by atoms with Crippen molar-refractivity contribution in [1.29, 1.82) is 0 Å². The minimum atomic E-state index is 1.04. The van der Waals surface area contributed by atoms with Crippen LogP contribution in [-0.4, -0.2) is 12.8 Å². The van der Waals surface area contributed by atoms with Gasteiger partial charge in [-0.1, -0.05) is 137 Å². The number of hydrogen-bond acceptors (Lipinski definition) is 2. The second kappa shape index (κ2) is 15.9. The van der Waals surface area contributed by atoms with Crippen LogP contribution in [0.5, 0.6) is 0 Å². The van der Waals surface area contributed by atoms with Gasteiger partial charge < -0.3 is 4.90 Å². The van der Waals surface area contributed by atoms with E-state index in [2.05, 4.69) is 93.6 Å². The zero-order chi connectivity index (χ0) is 26.4. The van der Waals surface area contributed by atoms with Gasteiger partial charge in [-0.2, -0.15) is 0 Å². The molecule has 0 aromatic heterocycles. The lowest BCUT2D eigenvalue weighted by atomic mass is 9.98. The lowest BCUT2D eigenvalue weighted by molar-refractivity contribution is 0.536. The summed E-state index contributed by atoms with van der Waals surface area (Å²) in [5.41, 5.74) is 7.26. The summed E-state index contributed by atoms with van der Waals surface area (Å²) in [6, 6.07) is 15.1. The average Bonchev–Trinajstić information content (AvgIpc) is 3.34. The topological polar surface area (TPSA) is 15.6 Å². The summed E-state index contributed by atoms with van der Waals surface area (Å²) >= 11 is 3.59. The van der Waals surface area contributed by atoms with Gasteiger partial charge in [0.25, 0.3) is 0 Å². The van der Waals surface area contributed by atoms with E-state index in [0.29, 0.717) is 0 Å². The van der Waals surface area contributed by atoms with Crippen molar-refractivity contribution < 1.29 is 0 Å². The van der Waals surface area contributed by atoms with Crippen molar-refractivity contribution in [2.75, 3.05) is 11.4 Å². The summed E-state index contributed by atoms with van der Waals surface area (Å²) in [6.07, 6.45) is 30.5. The molecule has 2 aromatic rings. The smallest absolute Gasteiger partial charge is 0.0709 e. The zero-order valence-corrected chi connectivity index (χ0v) is 24.9. The monoisotopic (exact) mass is 572 g/mol. The summed E-state index contributed by atoms with van der Waals surface area (Å²) in [5, 5.41) is 0. The maximum atomic E-state index is 4.56. The predicted molar refractivity (Wildman–Crippen MR) is 171 cm³/mol. The van der Waals surface area contributed by atoms with Gasteiger partial charge in [0.05, 0.1) is 5.69 Å². The minimum absolute atomic E-state index is 1.04. The molecular formula is C35H45BrN2. The molecule has 0 saturated carbocycles. The van der Waals surface area contributed by atoms with Gasteiger partial charge >= 0.3 is 0 Å². The Balaban J connectivity index is 1.18. The number of para-hydroxylation sites is 1. The van der Waals surface area contributed by atoms with Crippen molar-refractivity contribution in [2.45, 2.75) is 96.8 Å². The van der Waals surface area contributed by atoms with Crippen LogP contribution in [0.4, 0.5) is 11.4 Å². The number of fused-ring (bicyclic) bond motifs is 2. The number of allylic oxidation sites excluding steroid dienone is 5. The second-order valence-corrected chi connectivity index (χ2v) is 11.7. The van der Waals surface area contributed by atoms with E-state index in [1.807, 2.05) is 12.3 Å². The lowest BCUT2D eigenvalue weighted by Gasteiger charge is -2.27. The molecule has 0 aliphatic carbocycles. The highest BCUT2D eigenvalue weighted by molar-refractivity contribution is 9.10. The fourth-order valence-electron chi connectivity index (χ4n) is 5.50. The third kappa shape index (κ3) is 8.56. The van der Waals surface area contributed by atoms with E-state index < -0.39 is 0 Å². The van der Waals surface area contributed by atoms with E-state index >= 15 is 0 Å². The van der Waals surface area contributed by atoms with E-state index in [1.54, 1.807) is 0 Å². The first-order chi connectivity index (χ1) is 18.8. The Labute approximate surface area is 239 Å². The molecule has 2 heterocycles. The molecule has 0 unspecified atom stereocenters. The van der Waals surface area contributed by atoms with Crippen molar-refractivity contribution in [1.82, 2.24) is 0 Å². The van der Waals surface area contributed by atoms with Crippen LogP contribution in [0.1, 0.15) is 108 Å². The summed E-state index contributed by atoms with van der Waals surface area (Å²) in [7, 11) is 0. The Morgan fingerprint density at radius 3 is 2.05 bits per heavy atom. The molecule has 0 spiro atoms. The van der Waals surface area contributed by atoms with E-state index in [1.165, 1.54) is 112 Å². The standard InChI is InChI=1S/C35H45BrN2/c1-2-3-4-5-6-7-8-9-10-11-12-13-14-17-25-38-26-24-29(32-18-15-16-19-35(32)38)20-21-30-28-37-34-23-22-31(36)27-33(30)34/h15-16,18-24,26-28H,2-14,17,25H2,1H3/b29-20-,30-21+. The maximum Gasteiger partial charge on any atom is 0.0709 e. The summed E-state index contributed by atoms with van der Waals surface area (Å²) in [5.74, 6) is 0. The van der Waals surface area contributed by atoms with E-state index in [9.17, 15) is 0 Å². The first kappa shape index (κ1) is 28.6. The predicted octanol–water partition coefficient (Wildman–Crippen LogP) is 11.4. The van der Waals surface area contributed by atoms with Gasteiger partial charge in [0, 0.05) is 45.8 Å². The highest BCUT2D eigenvalue weighted by atomic mass is 79.9. The van der Waals surface area contributed by atoms with E-state index in [-0.39, 0.29) is 0 Å². The number of rotatable bonds is 16. The van der Waals surface area contributed by atoms with Crippen LogP contribution in [0.25, 0.3) is 11.1 Å². The third-order valence-electron chi connectivity index (χ3n) is 7.77. The Hall–Kier alpha value is -2.39. The Kier molecular flexibility index (Phi) is 12.0. The Morgan fingerprint density at radius 2 is 1.34 bits per heavy atom. The molecule has 3 heteroatoms. The highest BCUT2D eigenvalue weighted by Gasteiger charge is 2.16. The third-order valence-corrected chi connectivity index (χ3v) is 8.26. The van der Waals surface area contributed by atoms with Gasteiger partial charge in [-0.05, 0) is 42.3 Å². The lowest BCUT2D eigenvalue weighted by Crippen LogP contribution is -2.21. The number of anilines is 1. The average molecular weight is 574 g/mol. The normalized spacial score (nSPS) is 16.0.